The van der Waals surface area contributed by atoms with Crippen molar-refractivity contribution in [1.82, 2.24) is 4.98 Å². The third kappa shape index (κ3) is 4.17. The maximum absolute atomic E-state index is 14.6. The monoisotopic (exact) mass is 386 g/mol. The standard InChI is InChI=1S/C16H13ClF2N2O5/c1-3-25-14-9(18)5-4-8(13(14)19)10-6-11(20-7(2)22)12(17)15(21-10)26-16(23)24/h4-6H,3H2,1-2H3,(H,23,24)(H,20,21,22). The summed E-state index contributed by atoms with van der Waals surface area (Å²) >= 11 is 5.96. The van der Waals surface area contributed by atoms with Crippen molar-refractivity contribution in [3.63, 3.8) is 0 Å². The number of nitrogens with zero attached hydrogens (tertiary/aromatic N) is 1. The summed E-state index contributed by atoms with van der Waals surface area (Å²) in [5.41, 5.74) is -0.400. The summed E-state index contributed by atoms with van der Waals surface area (Å²) in [6.07, 6.45) is -1.71. The number of anilines is 1. The fourth-order valence-corrected chi connectivity index (χ4v) is 2.26. The number of benzene rings is 1. The van der Waals surface area contributed by atoms with Crippen molar-refractivity contribution in [2.45, 2.75) is 13.8 Å². The Balaban J connectivity index is 2.67. The van der Waals surface area contributed by atoms with Gasteiger partial charge < -0.3 is 19.9 Å². The van der Waals surface area contributed by atoms with Crippen LogP contribution in [0, 0.1) is 11.6 Å². The highest BCUT2D eigenvalue weighted by atomic mass is 35.5. The van der Waals surface area contributed by atoms with E-state index in [2.05, 4.69) is 15.0 Å². The third-order valence-electron chi connectivity index (χ3n) is 3.04. The molecule has 0 saturated heterocycles. The molecule has 10 heteroatoms. The molecule has 1 aromatic heterocycles. The molecule has 0 atom stereocenters. The van der Waals surface area contributed by atoms with E-state index in [9.17, 15) is 18.4 Å². The smallest absolute Gasteiger partial charge is 0.488 e. The molecule has 0 saturated carbocycles. The number of carbonyl (C=O) groups excluding carboxylic acids is 1. The lowest BCUT2D eigenvalue weighted by atomic mass is 10.1. The number of pyridine rings is 1. The van der Waals surface area contributed by atoms with Crippen LogP contribution in [-0.2, 0) is 4.79 Å². The van der Waals surface area contributed by atoms with Crippen molar-refractivity contribution in [2.75, 3.05) is 11.9 Å². The van der Waals surface area contributed by atoms with Crippen molar-refractivity contribution < 1.29 is 33.0 Å². The number of hydrogen-bond acceptors (Lipinski definition) is 5. The number of aromatic nitrogens is 1. The Labute approximate surface area is 151 Å². The zero-order chi connectivity index (χ0) is 19.4. The van der Waals surface area contributed by atoms with Crippen LogP contribution in [0.15, 0.2) is 18.2 Å². The van der Waals surface area contributed by atoms with Gasteiger partial charge in [-0.25, -0.2) is 18.6 Å². The first-order chi connectivity index (χ1) is 12.2. The highest BCUT2D eigenvalue weighted by Gasteiger charge is 2.21. The molecule has 1 heterocycles. The maximum atomic E-state index is 14.6. The lowest BCUT2D eigenvalue weighted by Gasteiger charge is -2.13. The molecular formula is C16H13ClF2N2O5. The van der Waals surface area contributed by atoms with Crippen LogP contribution in [0.1, 0.15) is 13.8 Å². The first kappa shape index (κ1) is 19.4. The number of halogens is 3. The molecule has 26 heavy (non-hydrogen) atoms. The molecule has 0 spiro atoms. The normalized spacial score (nSPS) is 10.3. The number of ether oxygens (including phenoxy) is 2. The maximum Gasteiger partial charge on any atom is 0.512 e. The molecule has 138 valence electrons. The van der Waals surface area contributed by atoms with Gasteiger partial charge in [0.25, 0.3) is 0 Å². The summed E-state index contributed by atoms with van der Waals surface area (Å²) in [6.45, 7) is 2.77. The number of carbonyl (C=O) groups is 2. The van der Waals surface area contributed by atoms with Gasteiger partial charge in [0.1, 0.15) is 5.02 Å². The zero-order valence-corrected chi connectivity index (χ0v) is 14.4. The number of hydrogen-bond donors (Lipinski definition) is 2. The van der Waals surface area contributed by atoms with Gasteiger partial charge in [-0.1, -0.05) is 11.6 Å². The van der Waals surface area contributed by atoms with Gasteiger partial charge in [-0.05, 0) is 25.1 Å². The first-order valence-electron chi connectivity index (χ1n) is 7.24. The fraction of sp³-hybridized carbons (Fsp3) is 0.188. The van der Waals surface area contributed by atoms with Crippen LogP contribution in [0.5, 0.6) is 11.6 Å². The molecular weight excluding hydrogens is 374 g/mol. The Morgan fingerprint density at radius 2 is 2.04 bits per heavy atom. The van der Waals surface area contributed by atoms with Crippen LogP contribution in [0.4, 0.5) is 19.3 Å². The minimum atomic E-state index is -1.71. The van der Waals surface area contributed by atoms with E-state index in [1.54, 1.807) is 6.92 Å². The molecule has 2 N–H and O–H groups in total. The quantitative estimate of drug-likeness (QED) is 0.751. The first-order valence-corrected chi connectivity index (χ1v) is 7.62. The molecule has 0 fully saturated rings. The Bertz CT molecular complexity index is 839. The second-order valence-electron chi connectivity index (χ2n) is 4.89. The van der Waals surface area contributed by atoms with Gasteiger partial charge in [-0.15, -0.1) is 0 Å². The highest BCUT2D eigenvalue weighted by Crippen LogP contribution is 2.37. The summed E-state index contributed by atoms with van der Waals surface area (Å²) in [5.74, 6) is -3.64. The molecule has 0 bridgehead atoms. The second-order valence-corrected chi connectivity index (χ2v) is 5.27. The van der Waals surface area contributed by atoms with Gasteiger partial charge in [0.2, 0.25) is 11.8 Å². The van der Waals surface area contributed by atoms with Crippen molar-refractivity contribution in [2.24, 2.45) is 0 Å². The average Bonchev–Trinajstić information content (AvgIpc) is 2.54. The Morgan fingerprint density at radius 1 is 1.35 bits per heavy atom. The van der Waals surface area contributed by atoms with E-state index in [0.29, 0.717) is 0 Å². The van der Waals surface area contributed by atoms with Crippen LogP contribution in [0.3, 0.4) is 0 Å². The molecule has 2 aromatic rings. The largest absolute Gasteiger partial charge is 0.512 e. The highest BCUT2D eigenvalue weighted by molar-refractivity contribution is 6.35. The van der Waals surface area contributed by atoms with Crippen molar-refractivity contribution in [1.29, 1.82) is 0 Å². The van der Waals surface area contributed by atoms with Crippen LogP contribution in [-0.4, -0.2) is 28.8 Å². The van der Waals surface area contributed by atoms with Crippen LogP contribution >= 0.6 is 11.6 Å². The van der Waals surface area contributed by atoms with Crippen LogP contribution in [0.2, 0.25) is 5.02 Å². The van der Waals surface area contributed by atoms with Crippen molar-refractivity contribution in [3.8, 4) is 22.9 Å². The van der Waals surface area contributed by atoms with E-state index in [1.165, 1.54) is 13.0 Å². The summed E-state index contributed by atoms with van der Waals surface area (Å²) in [4.78, 5) is 25.9. The summed E-state index contributed by atoms with van der Waals surface area (Å²) in [6, 6.07) is 3.26. The van der Waals surface area contributed by atoms with E-state index in [0.717, 1.165) is 12.1 Å². The van der Waals surface area contributed by atoms with E-state index >= 15 is 0 Å². The second kappa shape index (κ2) is 7.96. The van der Waals surface area contributed by atoms with E-state index < -0.39 is 35.3 Å². The van der Waals surface area contributed by atoms with Gasteiger partial charge >= 0.3 is 6.16 Å². The molecule has 7 nitrogen and oxygen atoms in total. The van der Waals surface area contributed by atoms with Gasteiger partial charge in [0.05, 0.1) is 18.0 Å². The third-order valence-corrected chi connectivity index (χ3v) is 3.40. The van der Waals surface area contributed by atoms with Gasteiger partial charge in [-0.2, -0.15) is 0 Å². The SMILES string of the molecule is CCOc1c(F)ccc(-c2cc(NC(C)=O)c(Cl)c(OC(=O)O)n2)c1F. The van der Waals surface area contributed by atoms with Gasteiger partial charge in [0, 0.05) is 12.5 Å². The Hall–Kier alpha value is -2.94. The van der Waals surface area contributed by atoms with Crippen molar-refractivity contribution in [3.05, 3.63) is 34.9 Å². The topological polar surface area (TPSA) is 97.8 Å². The zero-order valence-electron chi connectivity index (χ0n) is 13.6. The number of carboxylic acid groups (broad SMARTS) is 1. The molecule has 1 amide bonds. The average molecular weight is 387 g/mol. The predicted molar refractivity (Wildman–Crippen MR) is 88.7 cm³/mol. The molecule has 0 aliphatic carbocycles. The predicted octanol–water partition coefficient (Wildman–Crippen LogP) is 4.09. The number of amides is 1. The van der Waals surface area contributed by atoms with Crippen molar-refractivity contribution >= 4 is 29.4 Å². The molecule has 0 aliphatic heterocycles. The lowest BCUT2D eigenvalue weighted by molar-refractivity contribution is -0.114. The van der Waals surface area contributed by atoms with E-state index in [4.69, 9.17) is 21.4 Å². The molecule has 0 aliphatic rings. The Morgan fingerprint density at radius 3 is 2.62 bits per heavy atom. The van der Waals surface area contributed by atoms with Crippen LogP contribution in [0.25, 0.3) is 11.3 Å². The minimum absolute atomic E-state index is 0.0237. The molecule has 0 unspecified atom stereocenters. The number of nitrogens with one attached hydrogen (secondary N) is 1. The van der Waals surface area contributed by atoms with Gasteiger partial charge in [0.15, 0.2) is 17.4 Å². The fourth-order valence-electron chi connectivity index (χ4n) is 2.08. The summed E-state index contributed by atoms with van der Waals surface area (Å²) in [7, 11) is 0. The summed E-state index contributed by atoms with van der Waals surface area (Å²) in [5, 5.41) is 10.8. The lowest BCUT2D eigenvalue weighted by Crippen LogP contribution is -2.10. The van der Waals surface area contributed by atoms with E-state index in [1.807, 2.05) is 0 Å². The molecule has 1 aromatic carbocycles. The molecule has 2 rings (SSSR count). The Kier molecular flexibility index (Phi) is 5.93. The van der Waals surface area contributed by atoms with E-state index in [-0.39, 0.29) is 28.6 Å². The molecule has 0 radical (unpaired) electrons. The minimum Gasteiger partial charge on any atom is -0.488 e. The summed E-state index contributed by atoms with van der Waals surface area (Å²) < 4.78 is 37.8. The van der Waals surface area contributed by atoms with Crippen LogP contribution < -0.4 is 14.8 Å². The van der Waals surface area contributed by atoms with Gasteiger partial charge in [-0.3, -0.25) is 4.79 Å². The number of rotatable bonds is 5.